The molecule has 0 fully saturated rings. The Bertz CT molecular complexity index is 246. The summed E-state index contributed by atoms with van der Waals surface area (Å²) >= 11 is 0. The van der Waals surface area contributed by atoms with Crippen LogP contribution < -0.4 is 0 Å². The van der Waals surface area contributed by atoms with Gasteiger partial charge in [0.05, 0.1) is 12.2 Å². The summed E-state index contributed by atoms with van der Waals surface area (Å²) in [6.45, 7) is 1.98. The second-order valence-electron chi connectivity index (χ2n) is 2.78. The predicted molar refractivity (Wildman–Crippen MR) is 51.6 cm³/mol. The van der Waals surface area contributed by atoms with E-state index in [1.807, 2.05) is 13.0 Å². The highest BCUT2D eigenvalue weighted by Crippen LogP contribution is 2.45. The molecule has 0 spiro atoms. The molecule has 1 atom stereocenters. The lowest BCUT2D eigenvalue weighted by atomic mass is 10.6. The standard InChI is InChI=1S/C9H14NOP/c1-3-7-12(11,8-4-2)9-5-6-10/h1H,4-5,7-9H2,2H3. The van der Waals surface area contributed by atoms with Crippen molar-refractivity contribution in [1.29, 1.82) is 5.26 Å². The first-order chi connectivity index (χ1) is 5.68. The molecule has 0 aromatic carbocycles. The van der Waals surface area contributed by atoms with Crippen molar-refractivity contribution in [3.8, 4) is 18.4 Å². The van der Waals surface area contributed by atoms with Crippen LogP contribution >= 0.6 is 7.14 Å². The van der Waals surface area contributed by atoms with Crippen molar-refractivity contribution < 1.29 is 4.57 Å². The predicted octanol–water partition coefficient (Wildman–Crippen LogP) is 2.31. The minimum atomic E-state index is -2.19. The summed E-state index contributed by atoms with van der Waals surface area (Å²) in [4.78, 5) is 0. The summed E-state index contributed by atoms with van der Waals surface area (Å²) in [7, 11) is -2.19. The van der Waals surface area contributed by atoms with E-state index in [1.54, 1.807) is 0 Å². The van der Waals surface area contributed by atoms with E-state index in [0.717, 1.165) is 6.42 Å². The summed E-state index contributed by atoms with van der Waals surface area (Å²) in [5.74, 6) is 2.43. The van der Waals surface area contributed by atoms with Gasteiger partial charge in [-0.15, -0.1) is 6.42 Å². The second kappa shape index (κ2) is 5.87. The van der Waals surface area contributed by atoms with Crippen LogP contribution in [-0.4, -0.2) is 18.5 Å². The summed E-state index contributed by atoms with van der Waals surface area (Å²) in [6.07, 6.45) is 7.87. The molecular weight excluding hydrogens is 169 g/mol. The van der Waals surface area contributed by atoms with Crippen LogP contribution in [0, 0.1) is 23.7 Å². The molecule has 0 heterocycles. The molecule has 3 heteroatoms. The highest BCUT2D eigenvalue weighted by Gasteiger charge is 2.18. The fourth-order valence-corrected chi connectivity index (χ4v) is 3.29. The molecule has 1 unspecified atom stereocenters. The lowest BCUT2D eigenvalue weighted by Gasteiger charge is -2.12. The van der Waals surface area contributed by atoms with Crippen LogP contribution in [0.5, 0.6) is 0 Å². The van der Waals surface area contributed by atoms with Crippen molar-refractivity contribution in [2.24, 2.45) is 0 Å². The third-order valence-corrected chi connectivity index (χ3v) is 4.70. The van der Waals surface area contributed by atoms with E-state index in [9.17, 15) is 4.57 Å². The van der Waals surface area contributed by atoms with Crippen LogP contribution in [0.4, 0.5) is 0 Å². The summed E-state index contributed by atoms with van der Waals surface area (Å²) in [5.41, 5.74) is 0. The van der Waals surface area contributed by atoms with E-state index in [0.29, 0.717) is 24.9 Å². The molecule has 0 aromatic heterocycles. The SMILES string of the molecule is C#CCP(=O)(CCC)CCC#N. The molecule has 0 aliphatic heterocycles. The molecular formula is C9H14NOP. The molecule has 0 amide bonds. The van der Waals surface area contributed by atoms with Crippen molar-refractivity contribution in [2.45, 2.75) is 19.8 Å². The van der Waals surface area contributed by atoms with Crippen molar-refractivity contribution >= 4 is 7.14 Å². The third-order valence-electron chi connectivity index (χ3n) is 1.64. The van der Waals surface area contributed by atoms with Crippen LogP contribution in [-0.2, 0) is 4.57 Å². The van der Waals surface area contributed by atoms with Gasteiger partial charge in [-0.05, 0) is 6.42 Å². The fourth-order valence-electron chi connectivity index (χ4n) is 1.10. The molecule has 0 saturated carbocycles. The zero-order chi connectivity index (χ0) is 9.45. The maximum atomic E-state index is 11.9. The van der Waals surface area contributed by atoms with Crippen molar-refractivity contribution in [3.05, 3.63) is 0 Å². The van der Waals surface area contributed by atoms with Gasteiger partial charge in [0.15, 0.2) is 0 Å². The Labute approximate surface area is 74.3 Å². The first-order valence-electron chi connectivity index (χ1n) is 4.06. The Morgan fingerprint density at radius 2 is 2.17 bits per heavy atom. The molecule has 0 aliphatic rings. The molecule has 0 aromatic rings. The summed E-state index contributed by atoms with van der Waals surface area (Å²) in [5, 5.41) is 8.34. The number of hydrogen-bond donors (Lipinski definition) is 0. The Balaban J connectivity index is 4.13. The van der Waals surface area contributed by atoms with Gasteiger partial charge < -0.3 is 4.57 Å². The quantitative estimate of drug-likeness (QED) is 0.484. The van der Waals surface area contributed by atoms with Crippen LogP contribution in [0.15, 0.2) is 0 Å². The first-order valence-corrected chi connectivity index (χ1v) is 6.32. The first kappa shape index (κ1) is 11.3. The van der Waals surface area contributed by atoms with Crippen molar-refractivity contribution in [2.75, 3.05) is 18.5 Å². The lowest BCUT2D eigenvalue weighted by molar-refractivity contribution is 0.575. The Morgan fingerprint density at radius 1 is 1.50 bits per heavy atom. The maximum absolute atomic E-state index is 11.9. The Kier molecular flexibility index (Phi) is 5.52. The fraction of sp³-hybridized carbons (Fsp3) is 0.667. The lowest BCUT2D eigenvalue weighted by Crippen LogP contribution is -1.97. The van der Waals surface area contributed by atoms with Crippen LogP contribution in [0.2, 0.25) is 0 Å². The summed E-state index contributed by atoms with van der Waals surface area (Å²) in [6, 6.07) is 2.00. The van der Waals surface area contributed by atoms with Gasteiger partial charge >= 0.3 is 0 Å². The van der Waals surface area contributed by atoms with Crippen LogP contribution in [0.3, 0.4) is 0 Å². The topological polar surface area (TPSA) is 40.9 Å². The van der Waals surface area contributed by atoms with Gasteiger partial charge in [0.25, 0.3) is 0 Å². The highest BCUT2D eigenvalue weighted by atomic mass is 31.2. The molecule has 66 valence electrons. The normalized spacial score (nSPS) is 14.2. The molecule has 0 saturated heterocycles. The van der Waals surface area contributed by atoms with E-state index in [4.69, 9.17) is 11.7 Å². The molecule has 12 heavy (non-hydrogen) atoms. The van der Waals surface area contributed by atoms with Gasteiger partial charge in [0, 0.05) is 18.7 Å². The van der Waals surface area contributed by atoms with Gasteiger partial charge in [0.1, 0.15) is 7.14 Å². The zero-order valence-corrected chi connectivity index (χ0v) is 8.31. The van der Waals surface area contributed by atoms with E-state index < -0.39 is 7.14 Å². The number of nitriles is 1. The van der Waals surface area contributed by atoms with Gasteiger partial charge in [-0.25, -0.2) is 0 Å². The minimum absolute atomic E-state index is 0.350. The van der Waals surface area contributed by atoms with E-state index in [2.05, 4.69) is 5.92 Å². The average molecular weight is 183 g/mol. The van der Waals surface area contributed by atoms with Crippen molar-refractivity contribution in [1.82, 2.24) is 0 Å². The maximum Gasteiger partial charge on any atom is 0.100 e. The molecule has 2 nitrogen and oxygen atoms in total. The monoisotopic (exact) mass is 183 g/mol. The molecule has 0 bridgehead atoms. The van der Waals surface area contributed by atoms with Crippen LogP contribution in [0.25, 0.3) is 0 Å². The van der Waals surface area contributed by atoms with E-state index in [1.165, 1.54) is 0 Å². The Morgan fingerprint density at radius 3 is 2.58 bits per heavy atom. The Hall–Kier alpha value is -0.720. The molecule has 0 N–H and O–H groups in total. The van der Waals surface area contributed by atoms with Gasteiger partial charge in [-0.3, -0.25) is 0 Å². The van der Waals surface area contributed by atoms with Crippen LogP contribution in [0.1, 0.15) is 19.8 Å². The minimum Gasteiger partial charge on any atom is -0.323 e. The third kappa shape index (κ3) is 4.22. The van der Waals surface area contributed by atoms with E-state index >= 15 is 0 Å². The second-order valence-corrected chi connectivity index (χ2v) is 6.10. The largest absolute Gasteiger partial charge is 0.323 e. The molecule has 0 rings (SSSR count). The number of nitrogens with zero attached hydrogens (tertiary/aromatic N) is 1. The molecule has 0 radical (unpaired) electrons. The van der Waals surface area contributed by atoms with E-state index in [-0.39, 0.29) is 0 Å². The van der Waals surface area contributed by atoms with Gasteiger partial charge in [-0.1, -0.05) is 12.8 Å². The number of rotatable bonds is 5. The molecule has 0 aliphatic carbocycles. The smallest absolute Gasteiger partial charge is 0.100 e. The number of terminal acetylenes is 1. The van der Waals surface area contributed by atoms with Gasteiger partial charge in [0.2, 0.25) is 0 Å². The zero-order valence-electron chi connectivity index (χ0n) is 7.42. The average Bonchev–Trinajstić information content (AvgIpc) is 2.02. The van der Waals surface area contributed by atoms with Crippen molar-refractivity contribution in [3.63, 3.8) is 0 Å². The van der Waals surface area contributed by atoms with Gasteiger partial charge in [-0.2, -0.15) is 5.26 Å². The summed E-state index contributed by atoms with van der Waals surface area (Å²) < 4.78 is 11.9. The number of hydrogen-bond acceptors (Lipinski definition) is 2. The highest BCUT2D eigenvalue weighted by molar-refractivity contribution is 7.64.